The number of rotatable bonds is 2. The first-order valence-electron chi connectivity index (χ1n) is 5.32. The summed E-state index contributed by atoms with van der Waals surface area (Å²) in [6, 6.07) is 0. The molecule has 2 unspecified atom stereocenters. The lowest BCUT2D eigenvalue weighted by Crippen LogP contribution is -2.16. The summed E-state index contributed by atoms with van der Waals surface area (Å²) < 4.78 is 0. The molecule has 0 saturated heterocycles. The van der Waals surface area contributed by atoms with E-state index in [1.165, 1.54) is 17.3 Å². The van der Waals surface area contributed by atoms with Crippen LogP contribution in [-0.4, -0.2) is 0 Å². The Bertz CT molecular complexity index is 399. The molecule has 0 heterocycles. The van der Waals surface area contributed by atoms with Crippen LogP contribution in [0.4, 0.5) is 0 Å². The molecule has 15 heavy (non-hydrogen) atoms. The van der Waals surface area contributed by atoms with Crippen LogP contribution in [0.5, 0.6) is 0 Å². The van der Waals surface area contributed by atoms with Crippen LogP contribution in [0.2, 0.25) is 0 Å². The Morgan fingerprint density at radius 2 is 2.27 bits per heavy atom. The highest BCUT2D eigenvalue weighted by atomic mass is 14.7. The van der Waals surface area contributed by atoms with Crippen LogP contribution in [0.15, 0.2) is 47.3 Å². The molecule has 80 valence electrons. The van der Waals surface area contributed by atoms with Crippen molar-refractivity contribution in [1.82, 2.24) is 0 Å². The molecule has 1 fully saturated rings. The van der Waals surface area contributed by atoms with Gasteiger partial charge in [-0.3, -0.25) is 0 Å². The van der Waals surface area contributed by atoms with Crippen molar-refractivity contribution in [3.8, 4) is 0 Å². The molecule has 4 N–H and O–H groups in total. The van der Waals surface area contributed by atoms with E-state index in [0.29, 0.717) is 5.92 Å². The Morgan fingerprint density at radius 1 is 1.53 bits per heavy atom. The molecule has 0 aromatic carbocycles. The zero-order valence-electron chi connectivity index (χ0n) is 9.33. The van der Waals surface area contributed by atoms with Gasteiger partial charge in [-0.05, 0) is 44.5 Å². The van der Waals surface area contributed by atoms with Crippen molar-refractivity contribution in [3.05, 3.63) is 47.3 Å². The predicted octanol–water partition coefficient (Wildman–Crippen LogP) is 2.21. The minimum absolute atomic E-state index is 0.0996. The third-order valence-electron chi connectivity index (χ3n) is 3.42. The molecule has 2 atom stereocenters. The van der Waals surface area contributed by atoms with Crippen molar-refractivity contribution in [2.75, 3.05) is 0 Å². The summed E-state index contributed by atoms with van der Waals surface area (Å²) in [6.45, 7) is 4.32. The van der Waals surface area contributed by atoms with E-state index in [4.69, 9.17) is 11.5 Å². The molecule has 0 aliphatic heterocycles. The molecule has 1 saturated carbocycles. The average Bonchev–Trinajstić information content (AvgIpc) is 2.90. The molecular formula is C13H18N2. The van der Waals surface area contributed by atoms with Gasteiger partial charge >= 0.3 is 0 Å². The second-order valence-corrected chi connectivity index (χ2v) is 4.58. The average molecular weight is 202 g/mol. The molecule has 0 amide bonds. The summed E-state index contributed by atoms with van der Waals surface area (Å²) in [5, 5.41) is 0. The van der Waals surface area contributed by atoms with Crippen molar-refractivity contribution >= 4 is 0 Å². The maximum absolute atomic E-state index is 6.12. The van der Waals surface area contributed by atoms with Crippen LogP contribution in [0.3, 0.4) is 0 Å². The van der Waals surface area contributed by atoms with Crippen LogP contribution < -0.4 is 11.5 Å². The molecule has 2 nitrogen and oxygen atoms in total. The van der Waals surface area contributed by atoms with Gasteiger partial charge in [0.2, 0.25) is 0 Å². The Labute approximate surface area is 91.0 Å². The van der Waals surface area contributed by atoms with E-state index in [9.17, 15) is 0 Å². The fourth-order valence-electron chi connectivity index (χ4n) is 2.63. The Hall–Kier alpha value is -1.44. The van der Waals surface area contributed by atoms with Gasteiger partial charge in [-0.2, -0.15) is 0 Å². The number of hydrogen-bond acceptors (Lipinski definition) is 2. The van der Waals surface area contributed by atoms with Crippen LogP contribution in [0.1, 0.15) is 20.3 Å². The highest BCUT2D eigenvalue weighted by molar-refractivity contribution is 5.46. The van der Waals surface area contributed by atoms with Crippen LogP contribution >= 0.6 is 0 Å². The lowest BCUT2D eigenvalue weighted by molar-refractivity contribution is 0.686. The number of fused-ring (bicyclic) bond motifs is 1. The maximum Gasteiger partial charge on any atom is 0.0355 e. The standard InChI is InChI=1S/C13H18N2/c1-9-6-10(2)11-8-13(11,7-9)12(15)4-3-5-14/h3-7,11H,8,14-15H2,1-2H3/b5-3-,12-4-. The van der Waals surface area contributed by atoms with Gasteiger partial charge in [-0.25, -0.2) is 0 Å². The van der Waals surface area contributed by atoms with E-state index in [2.05, 4.69) is 26.0 Å². The molecule has 0 radical (unpaired) electrons. The largest absolute Gasteiger partial charge is 0.405 e. The summed E-state index contributed by atoms with van der Waals surface area (Å²) in [5.74, 6) is 0.614. The van der Waals surface area contributed by atoms with Crippen molar-refractivity contribution in [2.24, 2.45) is 22.8 Å². The van der Waals surface area contributed by atoms with Crippen LogP contribution in [0.25, 0.3) is 0 Å². The third kappa shape index (κ3) is 1.50. The van der Waals surface area contributed by atoms with Gasteiger partial charge < -0.3 is 11.5 Å². The fraction of sp³-hybridized carbons (Fsp3) is 0.385. The molecular weight excluding hydrogens is 184 g/mol. The predicted molar refractivity (Wildman–Crippen MR) is 63.7 cm³/mol. The first-order chi connectivity index (χ1) is 7.10. The molecule has 2 aliphatic rings. The van der Waals surface area contributed by atoms with E-state index in [-0.39, 0.29) is 5.41 Å². The van der Waals surface area contributed by atoms with Gasteiger partial charge in [0, 0.05) is 11.1 Å². The highest BCUT2D eigenvalue weighted by Gasteiger charge is 2.56. The monoisotopic (exact) mass is 202 g/mol. The quantitative estimate of drug-likeness (QED) is 0.674. The number of hydrogen-bond donors (Lipinski definition) is 2. The van der Waals surface area contributed by atoms with Gasteiger partial charge in [0.15, 0.2) is 0 Å². The summed E-state index contributed by atoms with van der Waals surface area (Å²) in [7, 11) is 0. The normalized spacial score (nSPS) is 34.8. The number of nitrogens with two attached hydrogens (primary N) is 2. The molecule has 2 aliphatic carbocycles. The summed E-state index contributed by atoms with van der Waals surface area (Å²) in [5.41, 5.74) is 15.2. The minimum Gasteiger partial charge on any atom is -0.405 e. The van der Waals surface area contributed by atoms with Gasteiger partial charge in [-0.15, -0.1) is 0 Å². The molecule has 0 bridgehead atoms. The van der Waals surface area contributed by atoms with Crippen molar-refractivity contribution in [1.29, 1.82) is 0 Å². The van der Waals surface area contributed by atoms with Gasteiger partial charge in [-0.1, -0.05) is 23.3 Å². The van der Waals surface area contributed by atoms with E-state index in [1.54, 1.807) is 6.08 Å². The van der Waals surface area contributed by atoms with Crippen LogP contribution in [0, 0.1) is 11.3 Å². The zero-order valence-corrected chi connectivity index (χ0v) is 9.33. The van der Waals surface area contributed by atoms with Crippen LogP contribution in [-0.2, 0) is 0 Å². The van der Waals surface area contributed by atoms with E-state index >= 15 is 0 Å². The smallest absolute Gasteiger partial charge is 0.0355 e. The molecule has 2 heteroatoms. The zero-order chi connectivity index (χ0) is 11.1. The van der Waals surface area contributed by atoms with Gasteiger partial charge in [0.05, 0.1) is 0 Å². The van der Waals surface area contributed by atoms with Crippen molar-refractivity contribution in [2.45, 2.75) is 20.3 Å². The molecule has 2 rings (SSSR count). The molecule has 0 aromatic rings. The Balaban J connectivity index is 2.30. The van der Waals surface area contributed by atoms with Gasteiger partial charge in [0.1, 0.15) is 0 Å². The molecule has 0 spiro atoms. The highest BCUT2D eigenvalue weighted by Crippen LogP contribution is 2.63. The SMILES string of the molecule is CC1=CC2(/C(N)=C/C=C\N)CC2C(C)=C1. The summed E-state index contributed by atoms with van der Waals surface area (Å²) in [4.78, 5) is 0. The second kappa shape index (κ2) is 3.30. The Kier molecular flexibility index (Phi) is 2.22. The lowest BCUT2D eigenvalue weighted by atomic mass is 9.88. The summed E-state index contributed by atoms with van der Waals surface area (Å²) >= 11 is 0. The summed E-state index contributed by atoms with van der Waals surface area (Å²) in [6.07, 6.45) is 10.9. The maximum atomic E-state index is 6.12. The minimum atomic E-state index is 0.0996. The van der Waals surface area contributed by atoms with E-state index in [0.717, 1.165) is 12.1 Å². The number of allylic oxidation sites excluding steroid dienone is 6. The fourth-order valence-corrected chi connectivity index (χ4v) is 2.63. The van der Waals surface area contributed by atoms with Crippen molar-refractivity contribution < 1.29 is 0 Å². The van der Waals surface area contributed by atoms with Crippen molar-refractivity contribution in [3.63, 3.8) is 0 Å². The van der Waals surface area contributed by atoms with E-state index in [1.807, 2.05) is 6.08 Å². The third-order valence-corrected chi connectivity index (χ3v) is 3.42. The van der Waals surface area contributed by atoms with Gasteiger partial charge in [0.25, 0.3) is 0 Å². The Morgan fingerprint density at radius 3 is 2.93 bits per heavy atom. The lowest BCUT2D eigenvalue weighted by Gasteiger charge is -2.19. The molecule has 0 aromatic heterocycles. The second-order valence-electron chi connectivity index (χ2n) is 4.58. The first kappa shape index (κ1) is 10.1. The topological polar surface area (TPSA) is 52.0 Å². The van der Waals surface area contributed by atoms with E-state index < -0.39 is 0 Å². The first-order valence-corrected chi connectivity index (χ1v) is 5.32.